The van der Waals surface area contributed by atoms with E-state index in [9.17, 15) is 19.1 Å². The zero-order chi connectivity index (χ0) is 31.8. The minimum atomic E-state index is -1.64. The lowest BCUT2D eigenvalue weighted by Crippen LogP contribution is -2.44. The van der Waals surface area contributed by atoms with Crippen LogP contribution in [0.5, 0.6) is 11.5 Å². The number of aliphatic hydroxyl groups is 1. The average molecular weight is 655 g/mol. The Kier molecular flexibility index (Phi) is 6.99. The van der Waals surface area contributed by atoms with Crippen LogP contribution in [0.2, 0.25) is 10.0 Å². The van der Waals surface area contributed by atoms with Crippen molar-refractivity contribution in [1.29, 1.82) is 0 Å². The number of rotatable bonds is 9. The number of benzene rings is 2. The highest BCUT2D eigenvalue weighted by atomic mass is 35.5. The predicted molar refractivity (Wildman–Crippen MR) is 165 cm³/mol. The lowest BCUT2D eigenvalue weighted by Gasteiger charge is -2.30. The predicted octanol–water partition coefficient (Wildman–Crippen LogP) is 5.05. The minimum Gasteiger partial charge on any atom is -0.494 e. The van der Waals surface area contributed by atoms with Gasteiger partial charge in [0.05, 0.1) is 35.4 Å². The van der Waals surface area contributed by atoms with Gasteiger partial charge in [-0.3, -0.25) is 14.3 Å². The molecule has 10 nitrogen and oxygen atoms in total. The van der Waals surface area contributed by atoms with Gasteiger partial charge in [0.25, 0.3) is 5.91 Å². The highest BCUT2D eigenvalue weighted by Crippen LogP contribution is 2.51. The van der Waals surface area contributed by atoms with Crippen molar-refractivity contribution in [3.8, 4) is 22.8 Å². The van der Waals surface area contributed by atoms with E-state index in [2.05, 4.69) is 10.4 Å². The van der Waals surface area contributed by atoms with Crippen LogP contribution in [0.4, 0.5) is 4.39 Å². The monoisotopic (exact) mass is 653 g/mol. The van der Waals surface area contributed by atoms with Crippen molar-refractivity contribution in [2.45, 2.75) is 49.7 Å². The fourth-order valence-electron chi connectivity index (χ4n) is 5.96. The van der Waals surface area contributed by atoms with E-state index in [4.69, 9.17) is 43.4 Å². The Balaban J connectivity index is 1.27. The van der Waals surface area contributed by atoms with Crippen LogP contribution in [-0.4, -0.2) is 51.9 Å². The smallest absolute Gasteiger partial charge is 0.251 e. The number of hydrogen-bond donors (Lipinski definition) is 3. The number of ether oxygens (including phenoxy) is 2. The number of nitrogens with two attached hydrogens (primary N) is 1. The van der Waals surface area contributed by atoms with Crippen molar-refractivity contribution in [2.75, 3.05) is 20.3 Å². The second-order valence-corrected chi connectivity index (χ2v) is 13.0. The van der Waals surface area contributed by atoms with Gasteiger partial charge in [0.15, 0.2) is 0 Å². The number of amides is 2. The summed E-state index contributed by atoms with van der Waals surface area (Å²) in [6, 6.07) is 7.89. The maximum Gasteiger partial charge on any atom is 0.251 e. The number of methoxy groups -OCH3 is 1. The maximum absolute atomic E-state index is 14.2. The first-order chi connectivity index (χ1) is 21.4. The van der Waals surface area contributed by atoms with Crippen LogP contribution < -0.4 is 20.5 Å². The normalized spacial score (nSPS) is 20.4. The summed E-state index contributed by atoms with van der Waals surface area (Å²) in [6.07, 6.45) is 5.41. The number of hydrogen-bond acceptors (Lipinski definition) is 7. The second kappa shape index (κ2) is 10.6. The molecule has 2 saturated carbocycles. The molecule has 0 saturated heterocycles. The van der Waals surface area contributed by atoms with Gasteiger partial charge in [-0.1, -0.05) is 23.2 Å². The lowest BCUT2D eigenvalue weighted by atomic mass is 9.81. The Morgan fingerprint density at radius 2 is 1.98 bits per heavy atom. The maximum atomic E-state index is 14.2. The molecule has 13 heteroatoms. The van der Waals surface area contributed by atoms with Crippen LogP contribution in [0.25, 0.3) is 22.2 Å². The van der Waals surface area contributed by atoms with Gasteiger partial charge in [0, 0.05) is 28.3 Å². The highest BCUT2D eigenvalue weighted by molar-refractivity contribution is 6.43. The fraction of sp³-hybridized carbons (Fsp3) is 0.375. The molecule has 0 bridgehead atoms. The van der Waals surface area contributed by atoms with E-state index >= 15 is 0 Å². The van der Waals surface area contributed by atoms with E-state index in [1.165, 1.54) is 13.2 Å². The number of nitrogens with zero attached hydrogens (tertiary/aromatic N) is 3. The van der Waals surface area contributed by atoms with Crippen LogP contribution in [0, 0.1) is 11.7 Å². The average Bonchev–Trinajstić information content (AvgIpc) is 3.97. The van der Waals surface area contributed by atoms with Gasteiger partial charge < -0.3 is 25.6 Å². The molecular formula is C32H30Cl2FN5O5. The van der Waals surface area contributed by atoms with E-state index < -0.39 is 28.6 Å². The lowest BCUT2D eigenvalue weighted by molar-refractivity contribution is -0.123. The molecule has 0 radical (unpaired) electrons. The molecule has 2 amide bonds. The quantitative estimate of drug-likeness (QED) is 0.215. The van der Waals surface area contributed by atoms with Crippen LogP contribution in [0.15, 0.2) is 36.5 Å². The number of carbonyl (C=O) groups is 2. The summed E-state index contributed by atoms with van der Waals surface area (Å²) < 4.78 is 27.6. The van der Waals surface area contributed by atoms with Crippen LogP contribution >= 0.6 is 23.2 Å². The molecule has 4 aromatic rings. The van der Waals surface area contributed by atoms with Crippen molar-refractivity contribution in [2.24, 2.45) is 11.7 Å². The van der Waals surface area contributed by atoms with E-state index in [1.54, 1.807) is 25.1 Å². The third-order valence-corrected chi connectivity index (χ3v) is 9.97. The third kappa shape index (κ3) is 4.88. The first kappa shape index (κ1) is 29.8. The molecule has 3 heterocycles. The molecule has 45 heavy (non-hydrogen) atoms. The Labute approximate surface area is 267 Å². The second-order valence-electron chi connectivity index (χ2n) is 12.3. The fourth-order valence-corrected chi connectivity index (χ4v) is 6.36. The van der Waals surface area contributed by atoms with Gasteiger partial charge in [-0.15, -0.1) is 0 Å². The van der Waals surface area contributed by atoms with Crippen molar-refractivity contribution in [3.05, 3.63) is 69.2 Å². The molecule has 7 rings (SSSR count). The number of fused-ring (bicyclic) bond motifs is 2. The number of pyridine rings is 1. The van der Waals surface area contributed by atoms with Crippen molar-refractivity contribution in [3.63, 3.8) is 0 Å². The van der Waals surface area contributed by atoms with Gasteiger partial charge in [0.2, 0.25) is 5.91 Å². The van der Waals surface area contributed by atoms with Crippen molar-refractivity contribution >= 4 is 45.9 Å². The SMILES string of the molecule is COc1cc(C(=O)NCC(O)(c2cc3c(c(-c4ccc(F)c(Cl)c4Cl)n2)OC[C@]3(C)C(N)=O)C2CC2)cc2cn(C3CC3)nc12. The summed E-state index contributed by atoms with van der Waals surface area (Å²) in [6.45, 7) is 1.39. The van der Waals surface area contributed by atoms with E-state index in [1.807, 2.05) is 10.9 Å². The standard InChI is InChI=1S/C32H30Cl2FN5O5/c1-31(30(36)42)14-45-28-20(31)11-23(38-27(28)19-7-8-21(35)25(34)24(19)33)32(43,17-3-4-17)13-37-29(41)15-9-16-12-40(18-5-6-18)39-26(16)22(10-15)44-2/h7-12,17-18,43H,3-6,13-14H2,1-2H3,(H2,36,42)(H,37,41)/t31-,32?/m0/s1. The number of aromatic nitrogens is 3. The van der Waals surface area contributed by atoms with E-state index in [-0.39, 0.29) is 51.8 Å². The molecule has 2 aliphatic carbocycles. The molecule has 3 aliphatic rings. The summed E-state index contributed by atoms with van der Waals surface area (Å²) in [5, 5.41) is 20.1. The molecule has 0 spiro atoms. The molecule has 2 fully saturated rings. The largest absolute Gasteiger partial charge is 0.494 e. The summed E-state index contributed by atoms with van der Waals surface area (Å²) in [7, 11) is 1.53. The topological polar surface area (TPSA) is 142 Å². The van der Waals surface area contributed by atoms with Gasteiger partial charge in [-0.05, 0) is 68.9 Å². The summed E-state index contributed by atoms with van der Waals surface area (Å²) in [5.41, 5.74) is 4.97. The Morgan fingerprint density at radius 3 is 2.64 bits per heavy atom. The van der Waals surface area contributed by atoms with Crippen LogP contribution in [0.1, 0.15) is 60.3 Å². The van der Waals surface area contributed by atoms with E-state index in [0.29, 0.717) is 41.3 Å². The summed E-state index contributed by atoms with van der Waals surface area (Å²) in [4.78, 5) is 31.0. The van der Waals surface area contributed by atoms with Crippen LogP contribution in [-0.2, 0) is 15.8 Å². The first-order valence-corrected chi connectivity index (χ1v) is 15.4. The Morgan fingerprint density at radius 1 is 1.22 bits per heavy atom. The number of halogens is 3. The molecule has 2 aromatic heterocycles. The number of primary amides is 1. The molecular weight excluding hydrogens is 624 g/mol. The van der Waals surface area contributed by atoms with Gasteiger partial charge >= 0.3 is 0 Å². The minimum absolute atomic E-state index is 0.0669. The van der Waals surface area contributed by atoms with E-state index in [0.717, 1.165) is 24.3 Å². The van der Waals surface area contributed by atoms with Gasteiger partial charge in [-0.25, -0.2) is 9.37 Å². The first-order valence-electron chi connectivity index (χ1n) is 14.6. The molecule has 234 valence electrons. The van der Waals surface area contributed by atoms with Gasteiger partial charge in [0.1, 0.15) is 46.1 Å². The van der Waals surface area contributed by atoms with Gasteiger partial charge in [-0.2, -0.15) is 5.10 Å². The van der Waals surface area contributed by atoms with Crippen LogP contribution in [0.3, 0.4) is 0 Å². The molecule has 2 aromatic carbocycles. The molecule has 2 atom stereocenters. The highest BCUT2D eigenvalue weighted by Gasteiger charge is 2.50. The summed E-state index contributed by atoms with van der Waals surface area (Å²) >= 11 is 12.6. The number of carbonyl (C=O) groups excluding carboxylic acids is 2. The number of nitrogens with one attached hydrogen (secondary N) is 1. The summed E-state index contributed by atoms with van der Waals surface area (Å²) in [5.74, 6) is -1.30. The molecule has 4 N–H and O–H groups in total. The molecule has 1 aliphatic heterocycles. The third-order valence-electron chi connectivity index (χ3n) is 9.12. The molecule has 1 unspecified atom stereocenters. The van der Waals surface area contributed by atoms with Crippen molar-refractivity contribution in [1.82, 2.24) is 20.1 Å². The zero-order valence-corrected chi connectivity index (χ0v) is 26.0. The van der Waals surface area contributed by atoms with Crippen molar-refractivity contribution < 1.29 is 28.6 Å². The Hall–Kier alpha value is -3.93. The zero-order valence-electron chi connectivity index (χ0n) is 24.5. The Bertz CT molecular complexity index is 1910.